The molecule has 3 rings (SSSR count). The van der Waals surface area contributed by atoms with Crippen molar-refractivity contribution in [3.63, 3.8) is 0 Å². The number of para-hydroxylation sites is 1. The lowest BCUT2D eigenvalue weighted by Gasteiger charge is -2.38. The fourth-order valence-electron chi connectivity index (χ4n) is 3.54. The van der Waals surface area contributed by atoms with Crippen LogP contribution in [0.1, 0.15) is 31.7 Å². The van der Waals surface area contributed by atoms with Gasteiger partial charge in [0.2, 0.25) is 5.91 Å². The molecule has 1 saturated heterocycles. The van der Waals surface area contributed by atoms with Crippen molar-refractivity contribution in [2.45, 2.75) is 38.8 Å². The smallest absolute Gasteiger partial charge is 0.226 e. The minimum atomic E-state index is -0.554. The predicted octanol–water partition coefficient (Wildman–Crippen LogP) is 4.37. The van der Waals surface area contributed by atoms with E-state index in [0.29, 0.717) is 18.5 Å². The summed E-state index contributed by atoms with van der Waals surface area (Å²) in [5, 5.41) is 0. The Kier molecular flexibility index (Phi) is 5.99. The largest absolute Gasteiger partial charge is 0.309 e. The molecule has 2 aromatic carbocycles. The Morgan fingerprint density at radius 2 is 1.81 bits per heavy atom. The SMILES string of the molecule is CCC(=O)N(c1ccccc1)C1CCN(Cc2ccc(F)cc2F)CC1. The van der Waals surface area contributed by atoms with Crippen molar-refractivity contribution >= 4 is 11.6 Å². The van der Waals surface area contributed by atoms with E-state index in [1.54, 1.807) is 0 Å². The van der Waals surface area contributed by atoms with Crippen molar-refractivity contribution in [2.75, 3.05) is 18.0 Å². The molecule has 1 aliphatic rings. The average molecular weight is 358 g/mol. The van der Waals surface area contributed by atoms with Crippen molar-refractivity contribution in [1.82, 2.24) is 4.90 Å². The summed E-state index contributed by atoms with van der Waals surface area (Å²) in [6.07, 6.45) is 2.14. The van der Waals surface area contributed by atoms with Crippen LogP contribution in [-0.4, -0.2) is 29.9 Å². The van der Waals surface area contributed by atoms with Crippen LogP contribution in [0.4, 0.5) is 14.5 Å². The first kappa shape index (κ1) is 18.5. The molecule has 0 radical (unpaired) electrons. The molecule has 138 valence electrons. The Morgan fingerprint density at radius 1 is 1.12 bits per heavy atom. The van der Waals surface area contributed by atoms with Crippen molar-refractivity contribution in [3.8, 4) is 0 Å². The van der Waals surface area contributed by atoms with Crippen molar-refractivity contribution < 1.29 is 13.6 Å². The van der Waals surface area contributed by atoms with Crippen LogP contribution >= 0.6 is 0 Å². The molecule has 1 fully saturated rings. The third-order valence-corrected chi connectivity index (χ3v) is 4.94. The zero-order valence-electron chi connectivity index (χ0n) is 15.0. The van der Waals surface area contributed by atoms with Crippen molar-refractivity contribution in [3.05, 3.63) is 65.7 Å². The molecule has 1 heterocycles. The number of hydrogen-bond donors (Lipinski definition) is 0. The van der Waals surface area contributed by atoms with E-state index in [1.807, 2.05) is 42.2 Å². The van der Waals surface area contributed by atoms with Crippen LogP contribution < -0.4 is 4.90 Å². The number of hydrogen-bond acceptors (Lipinski definition) is 2. The fraction of sp³-hybridized carbons (Fsp3) is 0.381. The molecule has 0 aromatic heterocycles. The normalized spacial score (nSPS) is 15.8. The number of piperidine rings is 1. The van der Waals surface area contributed by atoms with Crippen LogP contribution in [-0.2, 0) is 11.3 Å². The number of rotatable bonds is 5. The monoisotopic (exact) mass is 358 g/mol. The topological polar surface area (TPSA) is 23.6 Å². The Hall–Kier alpha value is -2.27. The van der Waals surface area contributed by atoms with E-state index in [-0.39, 0.29) is 11.9 Å². The first-order valence-corrected chi connectivity index (χ1v) is 9.12. The molecule has 26 heavy (non-hydrogen) atoms. The molecule has 2 aromatic rings. The van der Waals surface area contributed by atoms with Crippen molar-refractivity contribution in [1.29, 1.82) is 0 Å². The van der Waals surface area contributed by atoms with E-state index in [0.717, 1.165) is 37.7 Å². The van der Waals surface area contributed by atoms with Crippen LogP contribution in [0.3, 0.4) is 0 Å². The van der Waals surface area contributed by atoms with Gasteiger partial charge in [-0.25, -0.2) is 8.78 Å². The van der Waals surface area contributed by atoms with Crippen LogP contribution in [0, 0.1) is 11.6 Å². The molecule has 0 bridgehead atoms. The van der Waals surface area contributed by atoms with Crippen LogP contribution in [0.25, 0.3) is 0 Å². The fourth-order valence-corrected chi connectivity index (χ4v) is 3.54. The summed E-state index contributed by atoms with van der Waals surface area (Å²) < 4.78 is 26.9. The lowest BCUT2D eigenvalue weighted by molar-refractivity contribution is -0.119. The summed E-state index contributed by atoms with van der Waals surface area (Å²) in [6, 6.07) is 13.6. The third-order valence-electron chi connectivity index (χ3n) is 4.94. The van der Waals surface area contributed by atoms with Gasteiger partial charge in [-0.3, -0.25) is 9.69 Å². The maximum absolute atomic E-state index is 13.9. The Balaban J connectivity index is 1.65. The van der Waals surface area contributed by atoms with E-state index >= 15 is 0 Å². The quantitative estimate of drug-likeness (QED) is 0.792. The van der Waals surface area contributed by atoms with Gasteiger partial charge in [0.15, 0.2) is 0 Å². The van der Waals surface area contributed by atoms with Gasteiger partial charge < -0.3 is 4.90 Å². The molecule has 0 atom stereocenters. The van der Waals surface area contributed by atoms with Gasteiger partial charge in [0.1, 0.15) is 11.6 Å². The first-order valence-electron chi connectivity index (χ1n) is 9.12. The van der Waals surface area contributed by atoms with Crippen LogP contribution in [0.2, 0.25) is 0 Å². The Labute approximate surface area is 153 Å². The molecule has 0 spiro atoms. The second kappa shape index (κ2) is 8.41. The number of halogens is 2. The van der Waals surface area contributed by atoms with Crippen LogP contribution in [0.15, 0.2) is 48.5 Å². The second-order valence-corrected chi connectivity index (χ2v) is 6.70. The number of carbonyl (C=O) groups excluding carboxylic acids is 1. The molecule has 1 aliphatic heterocycles. The van der Waals surface area contributed by atoms with E-state index < -0.39 is 11.6 Å². The number of benzene rings is 2. The second-order valence-electron chi connectivity index (χ2n) is 6.70. The van der Waals surface area contributed by atoms with Crippen molar-refractivity contribution in [2.24, 2.45) is 0 Å². The zero-order valence-corrected chi connectivity index (χ0v) is 15.0. The Bertz CT molecular complexity index is 743. The summed E-state index contributed by atoms with van der Waals surface area (Å²) in [7, 11) is 0. The van der Waals surface area contributed by atoms with E-state index in [1.165, 1.54) is 12.1 Å². The summed E-state index contributed by atoms with van der Waals surface area (Å²) in [6.45, 7) is 3.90. The average Bonchev–Trinajstić information content (AvgIpc) is 2.66. The molecule has 0 unspecified atom stereocenters. The number of carbonyl (C=O) groups is 1. The van der Waals surface area contributed by atoms with Gasteiger partial charge in [0.05, 0.1) is 0 Å². The number of likely N-dealkylation sites (tertiary alicyclic amines) is 1. The number of nitrogens with zero attached hydrogens (tertiary/aromatic N) is 2. The lowest BCUT2D eigenvalue weighted by Crippen LogP contribution is -2.47. The third kappa shape index (κ3) is 4.28. The van der Waals surface area contributed by atoms with Crippen LogP contribution in [0.5, 0.6) is 0 Å². The summed E-state index contributed by atoms with van der Waals surface area (Å²) in [4.78, 5) is 16.6. The zero-order chi connectivity index (χ0) is 18.5. The van der Waals surface area contributed by atoms with E-state index in [9.17, 15) is 13.6 Å². The molecule has 5 heteroatoms. The molecule has 3 nitrogen and oxygen atoms in total. The molecular formula is C21H24F2N2O. The van der Waals surface area contributed by atoms with Gasteiger partial charge in [0.25, 0.3) is 0 Å². The molecule has 0 aliphatic carbocycles. The molecule has 0 saturated carbocycles. The number of anilines is 1. The molecule has 0 N–H and O–H groups in total. The predicted molar refractivity (Wildman–Crippen MR) is 98.9 cm³/mol. The summed E-state index contributed by atoms with van der Waals surface area (Å²) in [5.41, 5.74) is 1.44. The summed E-state index contributed by atoms with van der Waals surface area (Å²) >= 11 is 0. The number of amides is 1. The highest BCUT2D eigenvalue weighted by Gasteiger charge is 2.28. The van der Waals surface area contributed by atoms with Gasteiger partial charge in [-0.05, 0) is 31.0 Å². The van der Waals surface area contributed by atoms with E-state index in [2.05, 4.69) is 4.90 Å². The van der Waals surface area contributed by atoms with Gasteiger partial charge in [0, 0.05) is 49.4 Å². The first-order chi connectivity index (χ1) is 12.6. The van der Waals surface area contributed by atoms with Gasteiger partial charge in [-0.2, -0.15) is 0 Å². The molecular weight excluding hydrogens is 334 g/mol. The standard InChI is InChI=1S/C21H24F2N2O/c1-2-21(26)25(18-6-4-3-5-7-18)19-10-12-24(13-11-19)15-16-8-9-17(22)14-20(16)23/h3-9,14,19H,2,10-13,15H2,1H3. The van der Waals surface area contributed by atoms with Gasteiger partial charge in [-0.15, -0.1) is 0 Å². The van der Waals surface area contributed by atoms with E-state index in [4.69, 9.17) is 0 Å². The highest BCUT2D eigenvalue weighted by atomic mass is 19.1. The maximum atomic E-state index is 13.9. The van der Waals surface area contributed by atoms with Gasteiger partial charge >= 0.3 is 0 Å². The highest BCUT2D eigenvalue weighted by molar-refractivity contribution is 5.93. The summed E-state index contributed by atoms with van der Waals surface area (Å²) in [5.74, 6) is -0.931. The minimum absolute atomic E-state index is 0.124. The highest BCUT2D eigenvalue weighted by Crippen LogP contribution is 2.25. The Morgan fingerprint density at radius 3 is 2.42 bits per heavy atom. The maximum Gasteiger partial charge on any atom is 0.226 e. The molecule has 1 amide bonds. The minimum Gasteiger partial charge on any atom is -0.309 e. The lowest BCUT2D eigenvalue weighted by atomic mass is 10.0. The van der Waals surface area contributed by atoms with Gasteiger partial charge in [-0.1, -0.05) is 31.2 Å².